The predicted octanol–water partition coefficient (Wildman–Crippen LogP) is 0.620. The molecule has 0 aromatic carbocycles. The van der Waals surface area contributed by atoms with Crippen LogP contribution in [0.15, 0.2) is 6.33 Å². The molecule has 1 N–H and O–H groups in total. The number of methoxy groups -OCH3 is 3. The van der Waals surface area contributed by atoms with Crippen molar-refractivity contribution in [2.75, 3.05) is 34.5 Å². The lowest BCUT2D eigenvalue weighted by Crippen LogP contribution is -2.18. The van der Waals surface area contributed by atoms with Gasteiger partial charge in [0.25, 0.3) is 0 Å². The lowest BCUT2D eigenvalue weighted by atomic mass is 10.3. The number of nitrogens with one attached hydrogen (secondary N) is 1. The molecule has 17 heavy (non-hydrogen) atoms. The van der Waals surface area contributed by atoms with Gasteiger partial charge in [-0.2, -0.15) is 0 Å². The number of hydrogen-bond acceptors (Lipinski definition) is 6. The van der Waals surface area contributed by atoms with Crippen molar-refractivity contribution in [3.63, 3.8) is 0 Å². The van der Waals surface area contributed by atoms with Crippen molar-refractivity contribution >= 4 is 0 Å². The van der Waals surface area contributed by atoms with Crippen molar-refractivity contribution in [2.24, 2.45) is 0 Å². The number of rotatable bonds is 8. The Labute approximate surface area is 101 Å². The third kappa shape index (κ3) is 4.16. The third-order valence-electron chi connectivity index (χ3n) is 2.26. The molecule has 0 saturated carbocycles. The van der Waals surface area contributed by atoms with E-state index in [0.717, 1.165) is 25.1 Å². The first kappa shape index (κ1) is 13.7. The third-order valence-corrected chi connectivity index (χ3v) is 2.26. The first-order chi connectivity index (χ1) is 8.33. The summed E-state index contributed by atoms with van der Waals surface area (Å²) in [6, 6.07) is 0. The van der Waals surface area contributed by atoms with Gasteiger partial charge in [-0.15, -0.1) is 0 Å². The zero-order valence-corrected chi connectivity index (χ0v) is 10.5. The minimum Gasteiger partial charge on any atom is -0.481 e. The van der Waals surface area contributed by atoms with Crippen LogP contribution in [0, 0.1) is 0 Å². The molecule has 1 aromatic rings. The van der Waals surface area contributed by atoms with Gasteiger partial charge in [0.1, 0.15) is 6.33 Å². The van der Waals surface area contributed by atoms with Crippen LogP contribution in [-0.2, 0) is 11.3 Å². The molecule has 0 aliphatic rings. The van der Waals surface area contributed by atoms with Crippen LogP contribution >= 0.6 is 0 Å². The normalized spacial score (nSPS) is 10.3. The Balaban J connectivity index is 2.55. The van der Waals surface area contributed by atoms with Crippen LogP contribution in [0.4, 0.5) is 0 Å². The van der Waals surface area contributed by atoms with E-state index in [4.69, 9.17) is 14.2 Å². The molecule has 96 valence electrons. The van der Waals surface area contributed by atoms with E-state index < -0.39 is 0 Å². The molecule has 0 aliphatic carbocycles. The van der Waals surface area contributed by atoms with E-state index in [9.17, 15) is 0 Å². The summed E-state index contributed by atoms with van der Waals surface area (Å²) < 4.78 is 15.3. The largest absolute Gasteiger partial charge is 0.481 e. The number of aromatic nitrogens is 2. The molecule has 0 bridgehead atoms. The summed E-state index contributed by atoms with van der Waals surface area (Å²) in [4.78, 5) is 8.09. The van der Waals surface area contributed by atoms with Gasteiger partial charge in [0.2, 0.25) is 11.8 Å². The highest BCUT2D eigenvalue weighted by Gasteiger charge is 2.11. The summed E-state index contributed by atoms with van der Waals surface area (Å²) in [5.74, 6) is 1.08. The molecular weight excluding hydrogens is 222 g/mol. The van der Waals surface area contributed by atoms with E-state index in [-0.39, 0.29) is 0 Å². The monoisotopic (exact) mass is 241 g/mol. The summed E-state index contributed by atoms with van der Waals surface area (Å²) in [6.07, 6.45) is 2.38. The van der Waals surface area contributed by atoms with E-state index in [1.807, 2.05) is 0 Å². The molecule has 6 heteroatoms. The van der Waals surface area contributed by atoms with Gasteiger partial charge in [-0.3, -0.25) is 0 Å². The highest BCUT2D eigenvalue weighted by molar-refractivity contribution is 5.34. The average Bonchev–Trinajstić information content (AvgIpc) is 2.38. The second kappa shape index (κ2) is 7.81. The van der Waals surface area contributed by atoms with Gasteiger partial charge >= 0.3 is 0 Å². The van der Waals surface area contributed by atoms with Crippen molar-refractivity contribution in [1.29, 1.82) is 0 Å². The maximum absolute atomic E-state index is 5.17. The topological polar surface area (TPSA) is 65.5 Å². The second-order valence-electron chi connectivity index (χ2n) is 3.39. The van der Waals surface area contributed by atoms with Crippen LogP contribution in [0.3, 0.4) is 0 Å². The minimum atomic E-state index is 0.538. The van der Waals surface area contributed by atoms with Crippen molar-refractivity contribution in [2.45, 2.75) is 13.0 Å². The quantitative estimate of drug-likeness (QED) is 0.673. The molecule has 0 radical (unpaired) electrons. The van der Waals surface area contributed by atoms with E-state index in [1.54, 1.807) is 21.3 Å². The van der Waals surface area contributed by atoms with Gasteiger partial charge in [0.15, 0.2) is 0 Å². The summed E-state index contributed by atoms with van der Waals surface area (Å²) in [6.45, 7) is 2.21. The van der Waals surface area contributed by atoms with Crippen LogP contribution in [0.25, 0.3) is 0 Å². The summed E-state index contributed by atoms with van der Waals surface area (Å²) in [5, 5.41) is 3.27. The maximum Gasteiger partial charge on any atom is 0.224 e. The standard InChI is InChI=1S/C11H19N3O3/c1-15-6-4-5-12-7-9-10(16-2)13-8-14-11(9)17-3/h8,12H,4-7H2,1-3H3. The zero-order chi connectivity index (χ0) is 12.5. The van der Waals surface area contributed by atoms with Gasteiger partial charge in [0, 0.05) is 20.3 Å². The van der Waals surface area contributed by atoms with Crippen molar-refractivity contribution < 1.29 is 14.2 Å². The van der Waals surface area contributed by atoms with E-state index in [2.05, 4.69) is 15.3 Å². The Morgan fingerprint density at radius 2 is 1.76 bits per heavy atom. The summed E-state index contributed by atoms with van der Waals surface area (Å²) in [7, 11) is 4.85. The Kier molecular flexibility index (Phi) is 6.27. The van der Waals surface area contributed by atoms with Crippen LogP contribution in [-0.4, -0.2) is 44.4 Å². The molecule has 0 amide bonds. The highest BCUT2D eigenvalue weighted by Crippen LogP contribution is 2.22. The molecular formula is C11H19N3O3. The Bertz CT molecular complexity index is 311. The molecule has 6 nitrogen and oxygen atoms in total. The van der Waals surface area contributed by atoms with E-state index >= 15 is 0 Å². The van der Waals surface area contributed by atoms with Crippen LogP contribution < -0.4 is 14.8 Å². The fraction of sp³-hybridized carbons (Fsp3) is 0.636. The lowest BCUT2D eigenvalue weighted by Gasteiger charge is -2.11. The van der Waals surface area contributed by atoms with Crippen LogP contribution in [0.2, 0.25) is 0 Å². The fourth-order valence-corrected chi connectivity index (χ4v) is 1.44. The van der Waals surface area contributed by atoms with E-state index in [1.165, 1.54) is 6.33 Å². The van der Waals surface area contributed by atoms with Gasteiger partial charge in [0.05, 0.1) is 19.8 Å². The minimum absolute atomic E-state index is 0.538. The molecule has 1 aromatic heterocycles. The Morgan fingerprint density at radius 3 is 2.29 bits per heavy atom. The molecule has 0 fully saturated rings. The number of ether oxygens (including phenoxy) is 3. The highest BCUT2D eigenvalue weighted by atomic mass is 16.5. The Morgan fingerprint density at radius 1 is 1.12 bits per heavy atom. The first-order valence-electron chi connectivity index (χ1n) is 5.45. The predicted molar refractivity (Wildman–Crippen MR) is 63.3 cm³/mol. The first-order valence-corrected chi connectivity index (χ1v) is 5.45. The van der Waals surface area contributed by atoms with E-state index in [0.29, 0.717) is 18.3 Å². The van der Waals surface area contributed by atoms with Crippen LogP contribution in [0.1, 0.15) is 12.0 Å². The van der Waals surface area contributed by atoms with Crippen molar-refractivity contribution in [3.8, 4) is 11.8 Å². The second-order valence-corrected chi connectivity index (χ2v) is 3.39. The molecule has 0 aliphatic heterocycles. The smallest absolute Gasteiger partial charge is 0.224 e. The summed E-state index contributed by atoms with van der Waals surface area (Å²) in [5.41, 5.74) is 0.829. The number of nitrogens with zero attached hydrogens (tertiary/aromatic N) is 2. The molecule has 1 heterocycles. The molecule has 0 spiro atoms. The molecule has 1 rings (SSSR count). The van der Waals surface area contributed by atoms with Gasteiger partial charge in [-0.05, 0) is 13.0 Å². The SMILES string of the molecule is COCCCNCc1c(OC)ncnc1OC. The van der Waals surface area contributed by atoms with Crippen LogP contribution in [0.5, 0.6) is 11.8 Å². The number of hydrogen-bond donors (Lipinski definition) is 1. The molecule has 0 unspecified atom stereocenters. The summed E-state index contributed by atoms with van der Waals surface area (Å²) >= 11 is 0. The zero-order valence-electron chi connectivity index (χ0n) is 10.5. The fourth-order valence-electron chi connectivity index (χ4n) is 1.44. The average molecular weight is 241 g/mol. The van der Waals surface area contributed by atoms with Crippen molar-refractivity contribution in [1.82, 2.24) is 15.3 Å². The van der Waals surface area contributed by atoms with Gasteiger partial charge in [-0.25, -0.2) is 9.97 Å². The molecule has 0 saturated heterocycles. The molecule has 0 atom stereocenters. The van der Waals surface area contributed by atoms with Crippen molar-refractivity contribution in [3.05, 3.63) is 11.9 Å². The van der Waals surface area contributed by atoms with Gasteiger partial charge < -0.3 is 19.5 Å². The Hall–Kier alpha value is -1.40. The van der Waals surface area contributed by atoms with Gasteiger partial charge in [-0.1, -0.05) is 0 Å². The lowest BCUT2D eigenvalue weighted by molar-refractivity contribution is 0.194. The maximum atomic E-state index is 5.17.